The molecule has 1 aliphatic heterocycles. The van der Waals surface area contributed by atoms with Crippen LogP contribution in [0.2, 0.25) is 0 Å². The Labute approximate surface area is 72.6 Å². The van der Waals surface area contributed by atoms with Crippen LogP contribution in [0, 0.1) is 5.41 Å². The van der Waals surface area contributed by atoms with E-state index in [0.29, 0.717) is 0 Å². The number of rotatable bonds is 2. The van der Waals surface area contributed by atoms with Crippen LogP contribution in [0.3, 0.4) is 0 Å². The predicted molar refractivity (Wildman–Crippen MR) is 45.5 cm³/mol. The second-order valence-electron chi connectivity index (χ2n) is 3.62. The van der Waals surface area contributed by atoms with Gasteiger partial charge in [0.1, 0.15) is 7.85 Å². The molecule has 1 saturated heterocycles. The summed E-state index contributed by atoms with van der Waals surface area (Å²) in [5.41, 5.74) is -0.728. The lowest BCUT2D eigenvalue weighted by Gasteiger charge is -2.29. The van der Waals surface area contributed by atoms with E-state index in [4.69, 9.17) is 14.9 Å². The lowest BCUT2D eigenvalue weighted by atomic mass is 9.76. The van der Waals surface area contributed by atoms with Gasteiger partial charge in [-0.1, -0.05) is 6.92 Å². The van der Waals surface area contributed by atoms with Crippen LogP contribution in [0.1, 0.15) is 6.92 Å². The van der Waals surface area contributed by atoms with Gasteiger partial charge in [0.05, 0.1) is 31.4 Å². The van der Waals surface area contributed by atoms with Crippen molar-refractivity contribution in [1.29, 1.82) is 0 Å². The van der Waals surface area contributed by atoms with E-state index in [-0.39, 0.29) is 19.2 Å². The average Bonchev–Trinajstić information content (AvgIpc) is 2.30. The normalized spacial score (nSPS) is 48.2. The zero-order valence-corrected chi connectivity index (χ0v) is 7.40. The summed E-state index contributed by atoms with van der Waals surface area (Å²) in [6, 6.07) is -0.320. The van der Waals surface area contributed by atoms with Crippen LogP contribution in [0.5, 0.6) is 0 Å². The van der Waals surface area contributed by atoms with Crippen LogP contribution in [-0.2, 0) is 4.74 Å². The van der Waals surface area contributed by atoms with E-state index in [0.717, 1.165) is 0 Å². The highest BCUT2D eigenvalue weighted by Crippen LogP contribution is 2.36. The largest absolute Gasteiger partial charge is 0.396 e. The van der Waals surface area contributed by atoms with E-state index in [1.54, 1.807) is 14.8 Å². The second kappa shape index (κ2) is 3.34. The highest BCUT2D eigenvalue weighted by atomic mass is 16.5. The van der Waals surface area contributed by atoms with E-state index < -0.39 is 17.6 Å². The lowest BCUT2D eigenvalue weighted by molar-refractivity contribution is -0.0300. The van der Waals surface area contributed by atoms with Gasteiger partial charge in [-0.2, -0.15) is 0 Å². The highest BCUT2D eigenvalue weighted by Gasteiger charge is 2.50. The minimum atomic E-state index is -0.728. The van der Waals surface area contributed by atoms with Crippen molar-refractivity contribution in [2.24, 2.45) is 5.41 Å². The fourth-order valence-electron chi connectivity index (χ4n) is 1.66. The molecule has 1 heterocycles. The Hall–Kier alpha value is -0.0951. The maximum absolute atomic E-state index is 9.62. The van der Waals surface area contributed by atoms with Gasteiger partial charge < -0.3 is 20.1 Å². The summed E-state index contributed by atoms with van der Waals surface area (Å²) in [7, 11) is 1.73. The van der Waals surface area contributed by atoms with Crippen molar-refractivity contribution in [3.8, 4) is 0 Å². The molecule has 4 nitrogen and oxygen atoms in total. The molecule has 5 heteroatoms. The lowest BCUT2D eigenvalue weighted by Crippen LogP contribution is -2.43. The van der Waals surface area contributed by atoms with Gasteiger partial charge in [-0.25, -0.2) is 0 Å². The van der Waals surface area contributed by atoms with Crippen LogP contribution >= 0.6 is 0 Å². The Morgan fingerprint density at radius 1 is 1.50 bits per heavy atom. The maximum atomic E-state index is 9.62. The molecule has 70 valence electrons. The number of aliphatic hydroxyl groups is 3. The van der Waals surface area contributed by atoms with Gasteiger partial charge >= 0.3 is 0 Å². The molecular formula is C7H15BO4. The Morgan fingerprint density at radius 2 is 2.08 bits per heavy atom. The van der Waals surface area contributed by atoms with Gasteiger partial charge in [0, 0.05) is 5.41 Å². The molecule has 0 amide bonds. The zero-order valence-electron chi connectivity index (χ0n) is 7.40. The molecule has 12 heavy (non-hydrogen) atoms. The van der Waals surface area contributed by atoms with Gasteiger partial charge in [-0.05, 0) is 0 Å². The van der Waals surface area contributed by atoms with Crippen molar-refractivity contribution in [2.75, 3.05) is 13.2 Å². The molecule has 0 spiro atoms. The van der Waals surface area contributed by atoms with Crippen molar-refractivity contribution in [2.45, 2.75) is 25.1 Å². The summed E-state index contributed by atoms with van der Waals surface area (Å²) in [5.74, 6) is 0. The number of ether oxygens (including phenoxy) is 1. The molecule has 4 unspecified atom stereocenters. The van der Waals surface area contributed by atoms with Crippen molar-refractivity contribution in [1.82, 2.24) is 0 Å². The molecule has 0 aliphatic carbocycles. The first kappa shape index (κ1) is 9.99. The predicted octanol–water partition coefficient (Wildman–Crippen LogP) is -2.30. The summed E-state index contributed by atoms with van der Waals surface area (Å²) in [5, 5.41) is 27.6. The topological polar surface area (TPSA) is 69.9 Å². The Kier molecular flexibility index (Phi) is 2.78. The third-order valence-electron chi connectivity index (χ3n) is 2.74. The summed E-state index contributed by atoms with van der Waals surface area (Å²) in [6.45, 7) is 1.37. The first-order chi connectivity index (χ1) is 5.56. The van der Waals surface area contributed by atoms with Crippen molar-refractivity contribution < 1.29 is 20.1 Å². The van der Waals surface area contributed by atoms with E-state index in [1.807, 2.05) is 0 Å². The van der Waals surface area contributed by atoms with Crippen molar-refractivity contribution in [3.63, 3.8) is 0 Å². The smallest absolute Gasteiger partial charge is 0.142 e. The minimum absolute atomic E-state index is 0.168. The molecule has 0 bridgehead atoms. The summed E-state index contributed by atoms with van der Waals surface area (Å²) < 4.78 is 5.27. The SMILES string of the molecule is BC1OC(CO)C(C)(CO)C1O. The molecule has 4 atom stereocenters. The monoisotopic (exact) mass is 174 g/mol. The standard InChI is InChI=1S/C7H15BO4/c1-7(3-10)4(2-9)12-6(8)5(7)11/h4-6,9-11H,2-3,8H2,1H3. The Balaban J connectivity index is 2.80. The fraction of sp³-hybridized carbons (Fsp3) is 1.00. The third kappa shape index (κ3) is 1.27. The average molecular weight is 174 g/mol. The summed E-state index contributed by atoms with van der Waals surface area (Å²) >= 11 is 0. The van der Waals surface area contributed by atoms with Crippen LogP contribution in [0.4, 0.5) is 0 Å². The van der Waals surface area contributed by atoms with E-state index >= 15 is 0 Å². The molecule has 0 saturated carbocycles. The number of hydrogen-bond acceptors (Lipinski definition) is 4. The summed E-state index contributed by atoms with van der Waals surface area (Å²) in [4.78, 5) is 0. The Morgan fingerprint density at radius 3 is 2.42 bits per heavy atom. The molecule has 3 N–H and O–H groups in total. The molecule has 0 aromatic carbocycles. The van der Waals surface area contributed by atoms with Crippen LogP contribution in [0.15, 0.2) is 0 Å². The minimum Gasteiger partial charge on any atom is -0.396 e. The highest BCUT2D eigenvalue weighted by molar-refractivity contribution is 6.11. The van der Waals surface area contributed by atoms with Crippen LogP contribution < -0.4 is 0 Å². The molecule has 0 radical (unpaired) electrons. The van der Waals surface area contributed by atoms with Crippen LogP contribution in [0.25, 0.3) is 0 Å². The molecule has 1 aliphatic rings. The van der Waals surface area contributed by atoms with E-state index in [1.165, 1.54) is 0 Å². The maximum Gasteiger partial charge on any atom is 0.142 e. The number of hydrogen-bond donors (Lipinski definition) is 3. The summed E-state index contributed by atoms with van der Waals surface area (Å²) in [6.07, 6.45) is -1.17. The van der Waals surface area contributed by atoms with Gasteiger partial charge in [-0.15, -0.1) is 0 Å². The zero-order chi connectivity index (χ0) is 9.35. The third-order valence-corrected chi connectivity index (χ3v) is 2.74. The fourth-order valence-corrected chi connectivity index (χ4v) is 1.66. The van der Waals surface area contributed by atoms with Gasteiger partial charge in [0.15, 0.2) is 0 Å². The molecule has 1 rings (SSSR count). The van der Waals surface area contributed by atoms with Crippen molar-refractivity contribution in [3.05, 3.63) is 0 Å². The second-order valence-corrected chi connectivity index (χ2v) is 3.62. The molecule has 1 fully saturated rings. The van der Waals surface area contributed by atoms with Gasteiger partial charge in [0.2, 0.25) is 0 Å². The Bertz CT molecular complexity index is 165. The van der Waals surface area contributed by atoms with E-state index in [2.05, 4.69) is 0 Å². The first-order valence-corrected chi connectivity index (χ1v) is 4.11. The quantitative estimate of drug-likeness (QED) is 0.411. The van der Waals surface area contributed by atoms with Gasteiger partial charge in [-0.3, -0.25) is 0 Å². The molecule has 0 aromatic rings. The molecular weight excluding hydrogens is 159 g/mol. The van der Waals surface area contributed by atoms with Crippen LogP contribution in [-0.4, -0.2) is 54.6 Å². The van der Waals surface area contributed by atoms with Gasteiger partial charge in [0.25, 0.3) is 0 Å². The first-order valence-electron chi connectivity index (χ1n) is 4.11. The number of aliphatic hydroxyl groups excluding tert-OH is 3. The molecule has 0 aromatic heterocycles. The van der Waals surface area contributed by atoms with Crippen molar-refractivity contribution >= 4 is 7.85 Å². The van der Waals surface area contributed by atoms with E-state index in [9.17, 15) is 5.11 Å².